The van der Waals surface area contributed by atoms with E-state index in [1.165, 1.54) is 6.26 Å². The summed E-state index contributed by atoms with van der Waals surface area (Å²) >= 11 is 0. The van der Waals surface area contributed by atoms with Crippen molar-refractivity contribution in [3.8, 4) is 0 Å². The molecule has 1 amide bonds. The molecule has 6 heteroatoms. The first kappa shape index (κ1) is 13.0. The van der Waals surface area contributed by atoms with Gasteiger partial charge in [-0.05, 0) is 6.42 Å². The van der Waals surface area contributed by atoms with Gasteiger partial charge in [-0.2, -0.15) is 0 Å². The average Bonchev–Trinajstić information content (AvgIpc) is 2.89. The van der Waals surface area contributed by atoms with E-state index in [0.717, 1.165) is 12.8 Å². The molecule has 0 spiro atoms. The highest BCUT2D eigenvalue weighted by atomic mass is 16.5. The number of morpholine rings is 1. The fraction of sp³-hybridized carbons (Fsp3) is 0.667. The van der Waals surface area contributed by atoms with Gasteiger partial charge in [-0.3, -0.25) is 4.79 Å². The van der Waals surface area contributed by atoms with Gasteiger partial charge in [0.05, 0.1) is 19.3 Å². The second-order valence-corrected chi connectivity index (χ2v) is 4.37. The Labute approximate surface area is 106 Å². The molecule has 1 aliphatic heterocycles. The van der Waals surface area contributed by atoms with Crippen LogP contribution in [0.3, 0.4) is 0 Å². The Morgan fingerprint density at radius 1 is 1.56 bits per heavy atom. The third kappa shape index (κ3) is 2.88. The molecular weight excluding hydrogens is 234 g/mol. The van der Waals surface area contributed by atoms with Gasteiger partial charge in [0.1, 0.15) is 6.26 Å². The highest BCUT2D eigenvalue weighted by Crippen LogP contribution is 2.16. The molecule has 0 saturated carbocycles. The van der Waals surface area contributed by atoms with Gasteiger partial charge in [0.2, 0.25) is 5.89 Å². The van der Waals surface area contributed by atoms with Crippen LogP contribution in [0.15, 0.2) is 10.7 Å². The summed E-state index contributed by atoms with van der Waals surface area (Å²) in [4.78, 5) is 18.0. The highest BCUT2D eigenvalue weighted by molar-refractivity contribution is 5.92. The molecule has 2 heterocycles. The molecule has 2 N–H and O–H groups in total. The molecule has 6 nitrogen and oxygen atoms in total. The molecule has 0 radical (unpaired) electrons. The summed E-state index contributed by atoms with van der Waals surface area (Å²) in [6, 6.07) is -0.235. The molecule has 1 aromatic rings. The Bertz CT molecular complexity index is 399. The lowest BCUT2D eigenvalue weighted by molar-refractivity contribution is 0.0299. The van der Waals surface area contributed by atoms with Crippen LogP contribution >= 0.6 is 0 Å². The van der Waals surface area contributed by atoms with Crippen LogP contribution in [-0.4, -0.2) is 42.1 Å². The molecule has 0 aromatic carbocycles. The van der Waals surface area contributed by atoms with Crippen molar-refractivity contribution in [2.75, 3.05) is 26.3 Å². The molecular formula is C12H19N3O3. The van der Waals surface area contributed by atoms with Gasteiger partial charge in [-0.25, -0.2) is 4.98 Å². The van der Waals surface area contributed by atoms with Gasteiger partial charge in [0, 0.05) is 13.1 Å². The Morgan fingerprint density at radius 2 is 2.28 bits per heavy atom. The van der Waals surface area contributed by atoms with E-state index < -0.39 is 0 Å². The number of oxazole rings is 1. The minimum atomic E-state index is -0.235. The third-order valence-electron chi connectivity index (χ3n) is 2.96. The number of ether oxygens (including phenoxy) is 1. The van der Waals surface area contributed by atoms with Crippen molar-refractivity contribution >= 4 is 5.91 Å². The SMILES string of the molecule is CCCC(N)c1nc(C(=O)N2CCOCC2)co1. The summed E-state index contributed by atoms with van der Waals surface area (Å²) in [5, 5.41) is 0. The van der Waals surface area contributed by atoms with Crippen LogP contribution in [0.4, 0.5) is 0 Å². The zero-order chi connectivity index (χ0) is 13.0. The summed E-state index contributed by atoms with van der Waals surface area (Å²) in [5.74, 6) is 0.324. The maximum Gasteiger partial charge on any atom is 0.275 e. The second-order valence-electron chi connectivity index (χ2n) is 4.37. The van der Waals surface area contributed by atoms with Crippen LogP contribution in [0, 0.1) is 0 Å². The minimum absolute atomic E-state index is 0.114. The maximum absolute atomic E-state index is 12.1. The number of amides is 1. The summed E-state index contributed by atoms with van der Waals surface area (Å²) in [5.41, 5.74) is 6.23. The van der Waals surface area contributed by atoms with Crippen molar-refractivity contribution < 1.29 is 13.9 Å². The summed E-state index contributed by atoms with van der Waals surface area (Å²) in [6.07, 6.45) is 3.14. The maximum atomic E-state index is 12.1. The van der Waals surface area contributed by atoms with E-state index >= 15 is 0 Å². The molecule has 1 atom stereocenters. The van der Waals surface area contributed by atoms with E-state index in [4.69, 9.17) is 14.9 Å². The van der Waals surface area contributed by atoms with Crippen molar-refractivity contribution in [3.05, 3.63) is 17.8 Å². The lowest BCUT2D eigenvalue weighted by Gasteiger charge is -2.25. The Hall–Kier alpha value is -1.40. The van der Waals surface area contributed by atoms with Gasteiger partial charge >= 0.3 is 0 Å². The normalized spacial score (nSPS) is 17.8. The van der Waals surface area contributed by atoms with Crippen LogP contribution in [0.25, 0.3) is 0 Å². The fourth-order valence-electron chi connectivity index (χ4n) is 1.92. The van der Waals surface area contributed by atoms with Crippen LogP contribution in [0.1, 0.15) is 42.2 Å². The van der Waals surface area contributed by atoms with Crippen molar-refractivity contribution in [2.24, 2.45) is 5.73 Å². The first-order valence-electron chi connectivity index (χ1n) is 6.30. The number of hydrogen-bond acceptors (Lipinski definition) is 5. The fourth-order valence-corrected chi connectivity index (χ4v) is 1.92. The van der Waals surface area contributed by atoms with Crippen LogP contribution in [0.2, 0.25) is 0 Å². The van der Waals surface area contributed by atoms with Gasteiger partial charge in [0.25, 0.3) is 5.91 Å². The quantitative estimate of drug-likeness (QED) is 0.863. The Morgan fingerprint density at radius 3 is 2.94 bits per heavy atom. The number of aromatic nitrogens is 1. The number of carbonyl (C=O) groups excluding carboxylic acids is 1. The topological polar surface area (TPSA) is 81.6 Å². The summed E-state index contributed by atoms with van der Waals surface area (Å²) in [6.45, 7) is 4.39. The molecule has 0 bridgehead atoms. The summed E-state index contributed by atoms with van der Waals surface area (Å²) < 4.78 is 10.5. The second kappa shape index (κ2) is 5.97. The van der Waals surface area contributed by atoms with Crippen LogP contribution in [-0.2, 0) is 4.74 Å². The third-order valence-corrected chi connectivity index (χ3v) is 2.96. The largest absolute Gasteiger partial charge is 0.446 e. The van der Waals surface area contributed by atoms with E-state index in [-0.39, 0.29) is 11.9 Å². The number of rotatable bonds is 4. The Balaban J connectivity index is 2.02. The van der Waals surface area contributed by atoms with Crippen LogP contribution < -0.4 is 5.73 Å². The highest BCUT2D eigenvalue weighted by Gasteiger charge is 2.22. The lowest BCUT2D eigenvalue weighted by Crippen LogP contribution is -2.40. The molecule has 100 valence electrons. The predicted molar refractivity (Wildman–Crippen MR) is 65.1 cm³/mol. The van der Waals surface area contributed by atoms with E-state index in [1.807, 2.05) is 6.92 Å². The molecule has 2 rings (SSSR count). The molecule has 1 unspecified atom stereocenters. The number of carbonyl (C=O) groups is 1. The minimum Gasteiger partial charge on any atom is -0.446 e. The van der Waals surface area contributed by atoms with E-state index in [1.54, 1.807) is 4.90 Å². The molecule has 1 aromatic heterocycles. The van der Waals surface area contributed by atoms with E-state index in [0.29, 0.717) is 37.9 Å². The molecule has 1 saturated heterocycles. The smallest absolute Gasteiger partial charge is 0.275 e. The molecule has 0 aliphatic carbocycles. The van der Waals surface area contributed by atoms with Crippen molar-refractivity contribution in [1.29, 1.82) is 0 Å². The first-order chi connectivity index (χ1) is 8.72. The zero-order valence-electron chi connectivity index (χ0n) is 10.6. The molecule has 18 heavy (non-hydrogen) atoms. The van der Waals surface area contributed by atoms with Gasteiger partial charge < -0.3 is 19.8 Å². The van der Waals surface area contributed by atoms with Crippen molar-refractivity contribution in [2.45, 2.75) is 25.8 Å². The van der Waals surface area contributed by atoms with Gasteiger partial charge in [-0.15, -0.1) is 0 Å². The molecule has 1 aliphatic rings. The van der Waals surface area contributed by atoms with E-state index in [9.17, 15) is 4.79 Å². The standard InChI is InChI=1S/C12H19N3O3/c1-2-3-9(13)11-14-10(8-18-11)12(16)15-4-6-17-7-5-15/h8-9H,2-7,13H2,1H3. The average molecular weight is 253 g/mol. The predicted octanol–water partition coefficient (Wildman–Crippen LogP) is 0.947. The zero-order valence-corrected chi connectivity index (χ0v) is 10.6. The first-order valence-corrected chi connectivity index (χ1v) is 6.30. The van der Waals surface area contributed by atoms with Crippen molar-refractivity contribution in [1.82, 2.24) is 9.88 Å². The Kier molecular flexibility index (Phi) is 4.33. The monoisotopic (exact) mass is 253 g/mol. The lowest BCUT2D eigenvalue weighted by atomic mass is 10.2. The van der Waals surface area contributed by atoms with Crippen LogP contribution in [0.5, 0.6) is 0 Å². The number of nitrogens with two attached hydrogens (primary N) is 1. The number of hydrogen-bond donors (Lipinski definition) is 1. The van der Waals surface area contributed by atoms with Gasteiger partial charge in [-0.1, -0.05) is 13.3 Å². The number of nitrogens with zero attached hydrogens (tertiary/aromatic N) is 2. The molecule has 1 fully saturated rings. The summed E-state index contributed by atoms with van der Waals surface area (Å²) in [7, 11) is 0. The van der Waals surface area contributed by atoms with Gasteiger partial charge in [0.15, 0.2) is 5.69 Å². The van der Waals surface area contributed by atoms with Crippen molar-refractivity contribution in [3.63, 3.8) is 0 Å². The van der Waals surface area contributed by atoms with E-state index in [2.05, 4.69) is 4.98 Å².